The van der Waals surface area contributed by atoms with Crippen LogP contribution in [0, 0.1) is 5.92 Å². The molecule has 7 heteroatoms. The normalized spacial score (nSPS) is 26.5. The summed E-state index contributed by atoms with van der Waals surface area (Å²) in [7, 11) is 0. The number of rotatable bonds is 2. The topological polar surface area (TPSA) is 121 Å². The predicted molar refractivity (Wildman–Crippen MR) is 65.9 cm³/mol. The molecule has 2 heterocycles. The Morgan fingerprint density at radius 1 is 1.56 bits per heavy atom. The van der Waals surface area contributed by atoms with Crippen LogP contribution in [-0.2, 0) is 4.74 Å². The van der Waals surface area contributed by atoms with Crippen LogP contribution in [0.4, 0.5) is 5.82 Å². The van der Waals surface area contributed by atoms with Gasteiger partial charge in [-0.25, -0.2) is 9.78 Å². The number of nitrogens with one attached hydrogen (secondary N) is 1. The van der Waals surface area contributed by atoms with Crippen LogP contribution >= 0.6 is 0 Å². The number of H-pyrrole nitrogens is 1. The van der Waals surface area contributed by atoms with E-state index in [0.29, 0.717) is 5.82 Å². The first-order valence-electron chi connectivity index (χ1n) is 5.74. The van der Waals surface area contributed by atoms with Crippen LogP contribution in [0.1, 0.15) is 13.3 Å². The number of nitrogen functional groups attached to an aromatic ring is 1. The number of aliphatic hydroxyl groups excluding tert-OH is 2. The molecule has 1 aromatic rings. The van der Waals surface area contributed by atoms with Gasteiger partial charge >= 0.3 is 5.69 Å². The first kappa shape index (κ1) is 14.6. The van der Waals surface area contributed by atoms with Crippen molar-refractivity contribution in [3.05, 3.63) is 22.7 Å². The van der Waals surface area contributed by atoms with E-state index in [9.17, 15) is 4.79 Å². The molecule has 0 spiro atoms. The lowest BCUT2D eigenvalue weighted by Gasteiger charge is -2.12. The zero-order valence-corrected chi connectivity index (χ0v) is 10.2. The summed E-state index contributed by atoms with van der Waals surface area (Å²) in [5.74, 6) is 0.477. The maximum absolute atomic E-state index is 10.2. The van der Waals surface area contributed by atoms with Crippen molar-refractivity contribution < 1.29 is 14.9 Å². The van der Waals surface area contributed by atoms with Gasteiger partial charge in [-0.15, -0.1) is 0 Å². The summed E-state index contributed by atoms with van der Waals surface area (Å²) < 4.78 is 5.30. The summed E-state index contributed by atoms with van der Waals surface area (Å²) in [6.45, 7) is 2.10. The minimum absolute atomic E-state index is 0.0234. The van der Waals surface area contributed by atoms with Crippen molar-refractivity contribution in [1.29, 1.82) is 0 Å². The minimum atomic E-state index is -0.412. The number of nitrogens with zero attached hydrogens (tertiary/aromatic N) is 1. The maximum atomic E-state index is 10.2. The fraction of sp³-hybridized carbons (Fsp3) is 0.636. The Morgan fingerprint density at radius 2 is 2.28 bits per heavy atom. The highest BCUT2D eigenvalue weighted by molar-refractivity contribution is 5.22. The summed E-state index contributed by atoms with van der Waals surface area (Å²) >= 11 is 0. The smallest absolute Gasteiger partial charge is 0.346 e. The Hall–Kier alpha value is -1.44. The van der Waals surface area contributed by atoms with Crippen LogP contribution in [0.5, 0.6) is 0 Å². The molecule has 0 amide bonds. The van der Waals surface area contributed by atoms with Gasteiger partial charge in [0.25, 0.3) is 0 Å². The van der Waals surface area contributed by atoms with E-state index in [1.807, 2.05) is 6.92 Å². The lowest BCUT2D eigenvalue weighted by Crippen LogP contribution is -2.22. The molecular formula is C11H19N3O4. The van der Waals surface area contributed by atoms with Crippen molar-refractivity contribution in [2.24, 2.45) is 5.92 Å². The van der Waals surface area contributed by atoms with Gasteiger partial charge in [0.1, 0.15) is 5.82 Å². The first-order chi connectivity index (χ1) is 8.56. The zero-order valence-electron chi connectivity index (χ0n) is 10.2. The van der Waals surface area contributed by atoms with E-state index < -0.39 is 5.69 Å². The summed E-state index contributed by atoms with van der Waals surface area (Å²) in [6.07, 6.45) is 2.27. The van der Waals surface area contributed by atoms with Gasteiger partial charge in [-0.3, -0.25) is 4.98 Å². The molecule has 0 saturated carbocycles. The van der Waals surface area contributed by atoms with Gasteiger partial charge in [-0.1, -0.05) is 0 Å². The van der Waals surface area contributed by atoms with Crippen molar-refractivity contribution in [2.75, 3.05) is 18.9 Å². The Balaban J connectivity index is 0.000000184. The molecule has 0 aromatic carbocycles. The van der Waals surface area contributed by atoms with Crippen molar-refractivity contribution in [1.82, 2.24) is 9.97 Å². The largest absolute Gasteiger partial charge is 0.396 e. The van der Waals surface area contributed by atoms with Crippen LogP contribution in [-0.4, -0.2) is 45.6 Å². The molecule has 1 aromatic heterocycles. The van der Waals surface area contributed by atoms with Crippen molar-refractivity contribution in [3.63, 3.8) is 0 Å². The monoisotopic (exact) mass is 257 g/mol. The molecule has 0 radical (unpaired) electrons. The molecule has 3 atom stereocenters. The summed E-state index contributed by atoms with van der Waals surface area (Å²) in [5.41, 5.74) is 4.75. The second kappa shape index (κ2) is 7.10. The van der Waals surface area contributed by atoms with E-state index in [4.69, 9.17) is 20.7 Å². The first-order valence-corrected chi connectivity index (χ1v) is 5.74. The molecule has 1 aliphatic heterocycles. The average Bonchev–Trinajstić information content (AvgIpc) is 2.70. The molecule has 0 aliphatic carbocycles. The number of aromatic nitrogens is 2. The molecule has 102 valence electrons. The number of ether oxygens (including phenoxy) is 1. The lowest BCUT2D eigenvalue weighted by molar-refractivity contribution is -0.00109. The fourth-order valence-electron chi connectivity index (χ4n) is 1.81. The van der Waals surface area contributed by atoms with Gasteiger partial charge in [-0.2, -0.15) is 0 Å². The molecule has 1 saturated heterocycles. The molecule has 1 aliphatic rings. The molecule has 0 bridgehead atoms. The molecule has 7 nitrogen and oxygen atoms in total. The van der Waals surface area contributed by atoms with Gasteiger partial charge in [0.15, 0.2) is 0 Å². The Kier molecular flexibility index (Phi) is 5.76. The summed E-state index contributed by atoms with van der Waals surface area (Å²) in [5, 5.41) is 17.5. The third-order valence-corrected chi connectivity index (χ3v) is 2.68. The molecule has 1 fully saturated rings. The quantitative estimate of drug-likeness (QED) is 0.545. The van der Waals surface area contributed by atoms with Gasteiger partial charge < -0.3 is 20.7 Å². The molecule has 18 heavy (non-hydrogen) atoms. The van der Waals surface area contributed by atoms with E-state index in [2.05, 4.69) is 9.97 Å². The Labute approximate surface area is 105 Å². The van der Waals surface area contributed by atoms with Crippen LogP contribution < -0.4 is 11.4 Å². The van der Waals surface area contributed by atoms with Crippen LogP contribution in [0.2, 0.25) is 0 Å². The number of nitrogens with two attached hydrogens (primary N) is 1. The van der Waals surface area contributed by atoms with Gasteiger partial charge in [-0.05, 0) is 19.4 Å². The van der Waals surface area contributed by atoms with Crippen LogP contribution in [0.3, 0.4) is 0 Å². The van der Waals surface area contributed by atoms with Crippen LogP contribution in [0.15, 0.2) is 17.1 Å². The summed E-state index contributed by atoms with van der Waals surface area (Å²) in [6, 6.07) is 1.52. The average molecular weight is 257 g/mol. The van der Waals surface area contributed by atoms with E-state index in [1.54, 1.807) is 0 Å². The third kappa shape index (κ3) is 4.44. The van der Waals surface area contributed by atoms with Gasteiger partial charge in [0.2, 0.25) is 0 Å². The highest BCUT2D eigenvalue weighted by Crippen LogP contribution is 2.25. The number of aliphatic hydroxyl groups is 2. The molecule has 2 rings (SSSR count). The highest BCUT2D eigenvalue weighted by atomic mass is 16.5. The zero-order chi connectivity index (χ0) is 13.5. The van der Waals surface area contributed by atoms with E-state index in [-0.39, 0.29) is 31.3 Å². The number of anilines is 1. The van der Waals surface area contributed by atoms with E-state index in [1.165, 1.54) is 12.3 Å². The minimum Gasteiger partial charge on any atom is -0.396 e. The second-order valence-corrected chi connectivity index (χ2v) is 4.18. The molecule has 5 N–H and O–H groups in total. The number of hydrogen-bond donors (Lipinski definition) is 4. The van der Waals surface area contributed by atoms with Gasteiger partial charge in [0.05, 0.1) is 18.8 Å². The van der Waals surface area contributed by atoms with Crippen molar-refractivity contribution >= 4 is 5.82 Å². The predicted octanol–water partition coefficient (Wildman–Crippen LogP) is -0.883. The van der Waals surface area contributed by atoms with Crippen molar-refractivity contribution in [3.8, 4) is 0 Å². The SMILES string of the molecule is C[C@H]1C[C@H](CO)[C@@H](CO)O1.Nc1ccnc(=O)[nH]1. The third-order valence-electron chi connectivity index (χ3n) is 2.68. The fourth-order valence-corrected chi connectivity index (χ4v) is 1.81. The Morgan fingerprint density at radius 3 is 2.67 bits per heavy atom. The van der Waals surface area contributed by atoms with Crippen molar-refractivity contribution in [2.45, 2.75) is 25.6 Å². The van der Waals surface area contributed by atoms with Gasteiger partial charge in [0, 0.05) is 18.7 Å². The highest BCUT2D eigenvalue weighted by Gasteiger charge is 2.31. The maximum Gasteiger partial charge on any atom is 0.346 e. The Bertz CT molecular complexity index is 397. The standard InChI is InChI=1S/C7H14O3.C4H5N3O/c1-5-2-6(3-8)7(4-9)10-5;5-3-1-2-6-4(8)7-3/h5-9H,2-4H2,1H3;1-2H,(H3,5,6,7,8)/t5-,6+,7+;/m0./s1. The lowest BCUT2D eigenvalue weighted by atomic mass is 10.0. The van der Waals surface area contributed by atoms with E-state index >= 15 is 0 Å². The second-order valence-electron chi connectivity index (χ2n) is 4.18. The number of aromatic amines is 1. The van der Waals surface area contributed by atoms with Crippen LogP contribution in [0.25, 0.3) is 0 Å². The number of hydrogen-bond acceptors (Lipinski definition) is 6. The summed E-state index contributed by atoms with van der Waals surface area (Å²) in [4.78, 5) is 15.9. The molecular weight excluding hydrogens is 238 g/mol. The molecule has 0 unspecified atom stereocenters. The van der Waals surface area contributed by atoms with E-state index in [0.717, 1.165) is 6.42 Å².